The summed E-state index contributed by atoms with van der Waals surface area (Å²) in [6.07, 6.45) is 13.1. The van der Waals surface area contributed by atoms with Crippen molar-refractivity contribution in [3.05, 3.63) is 113 Å². The molecule has 2 aliphatic heterocycles. The first-order valence-electron chi connectivity index (χ1n) is 23.0. The van der Waals surface area contributed by atoms with Crippen LogP contribution in [-0.4, -0.2) is 91.8 Å². The number of halogens is 1. The highest BCUT2D eigenvalue weighted by atomic mass is 35.5. The Hall–Kier alpha value is -6.63. The predicted molar refractivity (Wildman–Crippen MR) is 270 cm³/mol. The van der Waals surface area contributed by atoms with Gasteiger partial charge in [-0.3, -0.25) is 9.67 Å². The van der Waals surface area contributed by atoms with Gasteiger partial charge in [0.15, 0.2) is 0 Å². The Labute approximate surface area is 410 Å². The molecule has 2 aromatic carbocycles. The highest BCUT2D eigenvalue weighted by Crippen LogP contribution is 2.24. The van der Waals surface area contributed by atoms with E-state index in [-0.39, 0.29) is 11.3 Å². The zero-order valence-electron chi connectivity index (χ0n) is 40.9. The topological polar surface area (TPSA) is 241 Å². The SMILES string of the molecule is Cc1cc(-c2ccnc(Cl)n2)ccc1CNC(=O)OC(C)(C)C.Cc1cc(-c2ccnc(NC(C=NC3CCOCC3)=CN)n2)ccc1CNC(=O)OC(C)(C)C.Nc1cnn(C2CCOCC2)c1. The Morgan fingerprint density at radius 3 is 1.80 bits per heavy atom. The fourth-order valence-corrected chi connectivity index (χ4v) is 7.06. The molecule has 19 heteroatoms. The number of nitrogens with one attached hydrogen (secondary N) is 3. The van der Waals surface area contributed by atoms with Gasteiger partial charge in [-0.1, -0.05) is 24.3 Å². The van der Waals surface area contributed by atoms with Gasteiger partial charge >= 0.3 is 12.2 Å². The largest absolute Gasteiger partial charge is 0.444 e. The Morgan fingerprint density at radius 1 is 0.797 bits per heavy atom. The van der Waals surface area contributed by atoms with Gasteiger partial charge in [0.25, 0.3) is 0 Å². The molecule has 0 spiro atoms. The van der Waals surface area contributed by atoms with Crippen LogP contribution in [-0.2, 0) is 32.0 Å². The second kappa shape index (κ2) is 25.7. The molecule has 2 saturated heterocycles. The maximum absolute atomic E-state index is 11.9. The lowest BCUT2D eigenvalue weighted by Gasteiger charge is -2.22. The average Bonchev–Trinajstić information content (AvgIpc) is 3.75. The minimum Gasteiger partial charge on any atom is -0.444 e. The second-order valence-electron chi connectivity index (χ2n) is 18.4. The van der Waals surface area contributed by atoms with Gasteiger partial charge in [-0.25, -0.2) is 29.5 Å². The van der Waals surface area contributed by atoms with Crippen molar-refractivity contribution in [3.63, 3.8) is 0 Å². The lowest BCUT2D eigenvalue weighted by Crippen LogP contribution is -2.32. The fraction of sp³-hybridized carbons (Fsp3) is 0.440. The first kappa shape index (κ1) is 53.3. The van der Waals surface area contributed by atoms with E-state index in [4.69, 9.17) is 42.0 Å². The lowest BCUT2D eigenvalue weighted by molar-refractivity contribution is 0.0512. The van der Waals surface area contributed by atoms with Crippen molar-refractivity contribution in [1.29, 1.82) is 0 Å². The van der Waals surface area contributed by atoms with Crippen molar-refractivity contribution in [2.24, 2.45) is 10.7 Å². The number of ether oxygens (including phenoxy) is 4. The smallest absolute Gasteiger partial charge is 0.407 e. The number of rotatable bonds is 11. The van der Waals surface area contributed by atoms with Crippen LogP contribution < -0.4 is 27.4 Å². The van der Waals surface area contributed by atoms with Crippen molar-refractivity contribution in [3.8, 4) is 22.5 Å². The number of aryl methyl sites for hydroxylation is 2. The molecular weight excluding hydrogens is 900 g/mol. The third-order valence-corrected chi connectivity index (χ3v) is 10.6. The molecule has 18 nitrogen and oxygen atoms in total. The molecule has 0 atom stereocenters. The molecule has 0 radical (unpaired) electrons. The van der Waals surface area contributed by atoms with E-state index in [0.717, 1.165) is 103 Å². The first-order chi connectivity index (χ1) is 32.8. The average molecular weight is 968 g/mol. The highest BCUT2D eigenvalue weighted by molar-refractivity contribution is 6.28. The third kappa shape index (κ3) is 18.8. The summed E-state index contributed by atoms with van der Waals surface area (Å²) in [5, 5.41) is 13.1. The van der Waals surface area contributed by atoms with Gasteiger partial charge in [0.2, 0.25) is 11.2 Å². The number of hydrogen-bond donors (Lipinski definition) is 5. The van der Waals surface area contributed by atoms with E-state index in [0.29, 0.717) is 30.8 Å². The summed E-state index contributed by atoms with van der Waals surface area (Å²) in [5.41, 5.74) is 19.2. The van der Waals surface area contributed by atoms with Crippen molar-refractivity contribution in [1.82, 2.24) is 40.3 Å². The summed E-state index contributed by atoms with van der Waals surface area (Å²) in [5.74, 6) is 0.431. The zero-order valence-corrected chi connectivity index (χ0v) is 41.7. The van der Waals surface area contributed by atoms with Crippen LogP contribution in [0, 0.1) is 13.8 Å². The van der Waals surface area contributed by atoms with Crippen LogP contribution in [0.3, 0.4) is 0 Å². The van der Waals surface area contributed by atoms with E-state index in [1.807, 2.05) is 109 Å². The summed E-state index contributed by atoms with van der Waals surface area (Å²) >= 11 is 5.82. The number of nitrogens with two attached hydrogens (primary N) is 2. The standard InChI is InChI=1S/C25H34N6O3.C17H20ClN3O2.C8H13N3O/c1-17-13-18(5-6-19(17)15-29-24(32)34-25(2,3)4)22-7-10-27-23(31-22)30-21(14-26)16-28-20-8-11-33-12-9-20;1-11-9-12(14-7-8-19-15(18)21-14)5-6-13(11)10-20-16(22)23-17(2,3)4;9-7-5-10-11(6-7)8-1-3-12-4-2-8/h5-7,10,13-14,16,20H,8-9,11-12,15,26H2,1-4H3,(H,29,32)(H,27,30,31);5-9H,10H2,1-4H3,(H,20,22);5-6,8H,1-4,9H2. The van der Waals surface area contributed by atoms with Crippen molar-refractivity contribution in [2.75, 3.05) is 37.5 Å². The van der Waals surface area contributed by atoms with Crippen LogP contribution in [0.2, 0.25) is 5.28 Å². The van der Waals surface area contributed by atoms with Gasteiger partial charge < -0.3 is 46.4 Å². The molecule has 0 saturated carbocycles. The summed E-state index contributed by atoms with van der Waals surface area (Å²) in [6, 6.07) is 16.3. The number of aliphatic imine (C=N–C) groups is 1. The number of alkyl carbamates (subject to hydrolysis) is 2. The molecule has 2 fully saturated rings. The lowest BCUT2D eigenvalue weighted by atomic mass is 10.0. The van der Waals surface area contributed by atoms with Gasteiger partial charge in [-0.2, -0.15) is 5.10 Å². The normalized spacial score (nSPS) is 14.7. The monoisotopic (exact) mass is 966 g/mol. The van der Waals surface area contributed by atoms with Crippen LogP contribution in [0.15, 0.2) is 90.2 Å². The molecule has 3 aromatic heterocycles. The Kier molecular flexibility index (Phi) is 19.8. The molecule has 5 aromatic rings. The van der Waals surface area contributed by atoms with E-state index in [2.05, 4.69) is 46.0 Å². The summed E-state index contributed by atoms with van der Waals surface area (Å²) < 4.78 is 23.1. The molecule has 2 aliphatic rings. The molecule has 7 rings (SSSR count). The predicted octanol–water partition coefficient (Wildman–Crippen LogP) is 8.89. The van der Waals surface area contributed by atoms with Crippen LogP contribution in [0.4, 0.5) is 21.2 Å². The van der Waals surface area contributed by atoms with E-state index >= 15 is 0 Å². The summed E-state index contributed by atoms with van der Waals surface area (Å²) in [6.45, 7) is 18.9. The van der Waals surface area contributed by atoms with Gasteiger partial charge in [0, 0.05) is 81.6 Å². The van der Waals surface area contributed by atoms with Gasteiger partial charge in [0.1, 0.15) is 11.2 Å². The van der Waals surface area contributed by atoms with Crippen molar-refractivity contribution < 1.29 is 28.5 Å². The molecule has 5 heterocycles. The molecular formula is C50H67ClN12O6. The first-order valence-corrected chi connectivity index (χ1v) is 23.3. The van der Waals surface area contributed by atoms with E-state index < -0.39 is 23.4 Å². The number of anilines is 2. The minimum absolute atomic E-state index is 0.218. The van der Waals surface area contributed by atoms with Crippen molar-refractivity contribution in [2.45, 2.75) is 117 Å². The Balaban J connectivity index is 0.000000216. The maximum Gasteiger partial charge on any atom is 0.407 e. The van der Waals surface area contributed by atoms with Gasteiger partial charge in [-0.15, -0.1) is 0 Å². The summed E-state index contributed by atoms with van der Waals surface area (Å²) in [7, 11) is 0. The number of aromatic nitrogens is 6. The Morgan fingerprint density at radius 2 is 1.32 bits per heavy atom. The molecule has 0 bridgehead atoms. The molecule has 370 valence electrons. The summed E-state index contributed by atoms with van der Waals surface area (Å²) in [4.78, 5) is 45.2. The van der Waals surface area contributed by atoms with Crippen LogP contribution >= 0.6 is 11.6 Å². The van der Waals surface area contributed by atoms with E-state index in [1.54, 1.807) is 30.9 Å². The number of amides is 2. The molecule has 0 unspecified atom stereocenters. The Bertz CT molecular complexity index is 2510. The van der Waals surface area contributed by atoms with E-state index in [9.17, 15) is 9.59 Å². The van der Waals surface area contributed by atoms with Crippen LogP contribution in [0.5, 0.6) is 0 Å². The molecule has 2 amide bonds. The molecule has 7 N–H and O–H groups in total. The quantitative estimate of drug-likeness (QED) is 0.0614. The zero-order chi connectivity index (χ0) is 50.0. The number of allylic oxidation sites excluding steroid dienone is 1. The highest BCUT2D eigenvalue weighted by Gasteiger charge is 2.19. The van der Waals surface area contributed by atoms with Crippen LogP contribution in [0.1, 0.15) is 95.5 Å². The van der Waals surface area contributed by atoms with Gasteiger partial charge in [-0.05, 0) is 139 Å². The minimum atomic E-state index is -0.530. The number of carbonyl (C=O) groups excluding carboxylic acids is 2. The second-order valence-corrected chi connectivity index (χ2v) is 18.8. The number of carbonyl (C=O) groups is 2. The number of nitrogens with zero attached hydrogens (tertiary/aromatic N) is 7. The molecule has 0 aliphatic carbocycles. The van der Waals surface area contributed by atoms with Crippen LogP contribution in [0.25, 0.3) is 22.5 Å². The fourth-order valence-electron chi connectivity index (χ4n) is 6.91. The third-order valence-electron chi connectivity index (χ3n) is 10.4. The number of hydrogen-bond acceptors (Lipinski definition) is 15. The number of nitrogen functional groups attached to an aromatic ring is 1. The number of benzene rings is 2. The van der Waals surface area contributed by atoms with Gasteiger partial charge in [0.05, 0.1) is 41.1 Å². The maximum atomic E-state index is 11.9. The molecule has 69 heavy (non-hydrogen) atoms. The van der Waals surface area contributed by atoms with Crippen molar-refractivity contribution >= 4 is 41.6 Å². The van der Waals surface area contributed by atoms with E-state index in [1.165, 1.54) is 6.20 Å².